The summed E-state index contributed by atoms with van der Waals surface area (Å²) >= 11 is 5.89. The second-order valence-corrected chi connectivity index (χ2v) is 7.11. The maximum atomic E-state index is 12.9. The van der Waals surface area contributed by atoms with E-state index in [2.05, 4.69) is 15.7 Å². The zero-order valence-corrected chi connectivity index (χ0v) is 16.2. The molecular weight excluding hydrogens is 370 g/mol. The third-order valence-corrected chi connectivity index (χ3v) is 5.02. The van der Waals surface area contributed by atoms with Crippen LogP contribution in [0.3, 0.4) is 0 Å². The van der Waals surface area contributed by atoms with Crippen LogP contribution < -0.4 is 10.6 Å². The van der Waals surface area contributed by atoms with Crippen molar-refractivity contribution in [1.82, 2.24) is 20.0 Å². The molecule has 1 aromatic carbocycles. The number of urea groups is 1. The van der Waals surface area contributed by atoms with Crippen molar-refractivity contribution >= 4 is 35.1 Å². The van der Waals surface area contributed by atoms with E-state index in [-0.39, 0.29) is 6.54 Å². The van der Waals surface area contributed by atoms with Crippen LogP contribution in [0.1, 0.15) is 23.9 Å². The molecule has 0 unspecified atom stereocenters. The summed E-state index contributed by atoms with van der Waals surface area (Å²) in [5.41, 5.74) is 1.36. The lowest BCUT2D eigenvalue weighted by molar-refractivity contribution is -0.133. The van der Waals surface area contributed by atoms with Crippen molar-refractivity contribution in [2.45, 2.75) is 26.3 Å². The Bertz CT molecular complexity index is 937. The Morgan fingerprint density at radius 3 is 2.44 bits per heavy atom. The van der Waals surface area contributed by atoms with Crippen LogP contribution in [0.5, 0.6) is 0 Å². The minimum Gasteiger partial charge on any atom is -0.321 e. The van der Waals surface area contributed by atoms with Gasteiger partial charge in [-0.2, -0.15) is 5.10 Å². The maximum Gasteiger partial charge on any atom is 0.325 e. The molecule has 2 heterocycles. The lowest BCUT2D eigenvalue weighted by Crippen LogP contribution is -2.42. The first-order chi connectivity index (χ1) is 12.6. The molecule has 1 fully saturated rings. The van der Waals surface area contributed by atoms with Gasteiger partial charge in [0, 0.05) is 12.1 Å². The van der Waals surface area contributed by atoms with Gasteiger partial charge in [0.2, 0.25) is 5.91 Å². The summed E-state index contributed by atoms with van der Waals surface area (Å²) in [5.74, 6) is -0.970. The predicted molar refractivity (Wildman–Crippen MR) is 100 cm³/mol. The van der Waals surface area contributed by atoms with E-state index in [1.165, 1.54) is 0 Å². The van der Waals surface area contributed by atoms with Crippen molar-refractivity contribution in [2.24, 2.45) is 7.05 Å². The first-order valence-electron chi connectivity index (χ1n) is 8.33. The minimum atomic E-state index is -1.25. The van der Waals surface area contributed by atoms with Gasteiger partial charge in [-0.05, 0) is 38.5 Å². The Morgan fingerprint density at radius 1 is 1.26 bits per heavy atom. The van der Waals surface area contributed by atoms with Gasteiger partial charge in [-0.25, -0.2) is 4.79 Å². The van der Waals surface area contributed by atoms with Gasteiger partial charge < -0.3 is 10.6 Å². The number of nitrogens with one attached hydrogen (secondary N) is 2. The Kier molecular flexibility index (Phi) is 4.69. The highest BCUT2D eigenvalue weighted by atomic mass is 35.5. The van der Waals surface area contributed by atoms with E-state index in [1.807, 2.05) is 6.92 Å². The van der Waals surface area contributed by atoms with Crippen LogP contribution >= 0.6 is 11.6 Å². The Hall–Kier alpha value is -2.87. The summed E-state index contributed by atoms with van der Waals surface area (Å²) < 4.78 is 1.65. The number of halogens is 1. The van der Waals surface area contributed by atoms with Gasteiger partial charge >= 0.3 is 6.03 Å². The van der Waals surface area contributed by atoms with Gasteiger partial charge in [-0.1, -0.05) is 23.7 Å². The number of hydrogen-bond donors (Lipinski definition) is 2. The third-order valence-electron chi connectivity index (χ3n) is 4.77. The summed E-state index contributed by atoms with van der Waals surface area (Å²) in [4.78, 5) is 38.5. The smallest absolute Gasteiger partial charge is 0.321 e. The molecule has 9 heteroatoms. The molecule has 4 amide bonds. The highest BCUT2D eigenvalue weighted by Crippen LogP contribution is 2.29. The molecular formula is C18H20ClN5O3. The third kappa shape index (κ3) is 3.28. The van der Waals surface area contributed by atoms with Crippen LogP contribution in [0.25, 0.3) is 0 Å². The van der Waals surface area contributed by atoms with Crippen LogP contribution in [-0.2, 0) is 22.2 Å². The van der Waals surface area contributed by atoms with Gasteiger partial charge in [0.05, 0.1) is 17.1 Å². The summed E-state index contributed by atoms with van der Waals surface area (Å²) in [7, 11) is 1.77. The number of carbonyl (C=O) groups excluding carboxylic acids is 3. The average Bonchev–Trinajstić information content (AvgIpc) is 2.97. The number of rotatable bonds is 4. The van der Waals surface area contributed by atoms with Crippen molar-refractivity contribution in [1.29, 1.82) is 0 Å². The molecule has 1 atom stereocenters. The van der Waals surface area contributed by atoms with E-state index in [4.69, 9.17) is 11.6 Å². The number of aromatic nitrogens is 2. The van der Waals surface area contributed by atoms with Crippen molar-refractivity contribution in [3.05, 3.63) is 46.2 Å². The van der Waals surface area contributed by atoms with E-state index in [1.54, 1.807) is 49.8 Å². The SMILES string of the molecule is Cc1nn(C)c(C)c1NC(=O)CN1C(=O)N[C@](C)(c2ccc(Cl)cc2)C1=O. The predicted octanol–water partition coefficient (Wildman–Crippen LogP) is 2.10. The molecule has 1 aliphatic rings. The number of carbonyl (C=O) groups is 3. The fourth-order valence-electron chi connectivity index (χ4n) is 3.10. The summed E-state index contributed by atoms with van der Waals surface area (Å²) in [5, 5.41) is 10.1. The molecule has 142 valence electrons. The van der Waals surface area contributed by atoms with Crippen molar-refractivity contribution in [2.75, 3.05) is 11.9 Å². The molecule has 0 radical (unpaired) electrons. The molecule has 1 saturated heterocycles. The topological polar surface area (TPSA) is 96.3 Å². The van der Waals surface area contributed by atoms with E-state index in [9.17, 15) is 14.4 Å². The Labute approximate surface area is 161 Å². The van der Waals surface area contributed by atoms with Crippen LogP contribution in [0.15, 0.2) is 24.3 Å². The summed E-state index contributed by atoms with van der Waals surface area (Å²) in [6.45, 7) is 4.81. The molecule has 0 saturated carbocycles. The van der Waals surface area contributed by atoms with E-state index >= 15 is 0 Å². The number of hydrogen-bond acceptors (Lipinski definition) is 4. The molecule has 1 aliphatic heterocycles. The first kappa shape index (κ1) is 18.9. The monoisotopic (exact) mass is 389 g/mol. The molecule has 3 rings (SSSR count). The number of nitrogens with zero attached hydrogens (tertiary/aromatic N) is 3. The van der Waals surface area contributed by atoms with Gasteiger partial charge in [-0.3, -0.25) is 19.2 Å². The molecule has 2 N–H and O–H groups in total. The fourth-order valence-corrected chi connectivity index (χ4v) is 3.22. The van der Waals surface area contributed by atoms with E-state index < -0.39 is 23.4 Å². The van der Waals surface area contributed by atoms with Crippen molar-refractivity contribution in [3.8, 4) is 0 Å². The average molecular weight is 390 g/mol. The van der Waals surface area contributed by atoms with Crippen LogP contribution in [-0.4, -0.2) is 39.1 Å². The molecule has 0 spiro atoms. The Balaban J connectivity index is 1.77. The molecule has 2 aromatic rings. The van der Waals surface area contributed by atoms with Gasteiger partial charge in [0.1, 0.15) is 12.1 Å². The fraction of sp³-hybridized carbons (Fsp3) is 0.333. The zero-order chi connectivity index (χ0) is 19.9. The highest BCUT2D eigenvalue weighted by molar-refractivity contribution is 6.30. The quantitative estimate of drug-likeness (QED) is 0.782. The largest absolute Gasteiger partial charge is 0.325 e. The molecule has 0 bridgehead atoms. The molecule has 8 nitrogen and oxygen atoms in total. The van der Waals surface area contributed by atoms with Crippen LogP contribution in [0, 0.1) is 13.8 Å². The normalized spacial score (nSPS) is 19.4. The molecule has 27 heavy (non-hydrogen) atoms. The van der Waals surface area contributed by atoms with Gasteiger partial charge in [0.25, 0.3) is 5.91 Å². The van der Waals surface area contributed by atoms with Crippen molar-refractivity contribution in [3.63, 3.8) is 0 Å². The second-order valence-electron chi connectivity index (χ2n) is 6.67. The lowest BCUT2D eigenvalue weighted by atomic mass is 9.92. The standard InChI is InChI=1S/C18H20ClN5O3/c1-10-15(11(2)23(4)22-10)20-14(25)9-24-16(26)18(3,21-17(24)27)12-5-7-13(19)8-6-12/h5-8H,9H2,1-4H3,(H,20,25)(H,21,27)/t18-/m1/s1. The number of anilines is 1. The van der Waals surface area contributed by atoms with E-state index in [0.29, 0.717) is 22.0 Å². The van der Waals surface area contributed by atoms with E-state index in [0.717, 1.165) is 10.6 Å². The second kappa shape index (κ2) is 6.70. The van der Waals surface area contributed by atoms with Crippen molar-refractivity contribution < 1.29 is 14.4 Å². The zero-order valence-electron chi connectivity index (χ0n) is 15.5. The summed E-state index contributed by atoms with van der Waals surface area (Å²) in [6.07, 6.45) is 0. The maximum absolute atomic E-state index is 12.9. The highest BCUT2D eigenvalue weighted by Gasteiger charge is 2.49. The van der Waals surface area contributed by atoms with Gasteiger partial charge in [0.15, 0.2) is 0 Å². The lowest BCUT2D eigenvalue weighted by Gasteiger charge is -2.22. The minimum absolute atomic E-state index is 0.387. The van der Waals surface area contributed by atoms with Gasteiger partial charge in [-0.15, -0.1) is 0 Å². The number of aryl methyl sites for hydroxylation is 2. The molecule has 1 aromatic heterocycles. The molecule has 0 aliphatic carbocycles. The van der Waals surface area contributed by atoms with Crippen LogP contribution in [0.2, 0.25) is 5.02 Å². The number of amides is 4. The van der Waals surface area contributed by atoms with Crippen LogP contribution in [0.4, 0.5) is 10.5 Å². The first-order valence-corrected chi connectivity index (χ1v) is 8.71. The Morgan fingerprint density at radius 2 is 1.89 bits per heavy atom. The summed E-state index contributed by atoms with van der Waals surface area (Å²) in [6, 6.07) is 6.02. The number of benzene rings is 1. The number of imide groups is 1.